The Morgan fingerprint density at radius 2 is 0.929 bits per heavy atom. The summed E-state index contributed by atoms with van der Waals surface area (Å²) in [4.78, 5) is 89.9. The molecule has 42 heavy (non-hydrogen) atoms. The van der Waals surface area contributed by atoms with E-state index in [1.54, 1.807) is 38.1 Å². The van der Waals surface area contributed by atoms with Crippen LogP contribution in [0.2, 0.25) is 0 Å². The van der Waals surface area contributed by atoms with Crippen molar-refractivity contribution in [2.24, 2.45) is 11.8 Å². The van der Waals surface area contributed by atoms with Crippen molar-refractivity contribution >= 4 is 35.8 Å². The average Bonchev–Trinajstić information content (AvgIpc) is 2.91. The molecule has 0 saturated carbocycles. The van der Waals surface area contributed by atoms with Crippen LogP contribution in [-0.4, -0.2) is 46.0 Å². The summed E-state index contributed by atoms with van der Waals surface area (Å²) < 4.78 is 0. The number of carboxylic acid groups (broad SMARTS) is 2. The number of carboxylic acids is 2. The van der Waals surface area contributed by atoms with Gasteiger partial charge >= 0.3 is 35.8 Å². The van der Waals surface area contributed by atoms with Crippen LogP contribution in [0.5, 0.6) is 0 Å². The molecule has 0 amide bonds. The van der Waals surface area contributed by atoms with E-state index in [9.17, 15) is 39.0 Å². The van der Waals surface area contributed by atoms with Crippen molar-refractivity contribution in [3.05, 3.63) is 69.8 Å². The summed E-state index contributed by atoms with van der Waals surface area (Å²) in [6.45, 7) is 7.03. The zero-order valence-electron chi connectivity index (χ0n) is 23.8. The van der Waals surface area contributed by atoms with Gasteiger partial charge in [0.2, 0.25) is 0 Å². The van der Waals surface area contributed by atoms with Gasteiger partial charge in [-0.05, 0) is 63.8 Å². The zero-order chi connectivity index (χ0) is 31.4. The fourth-order valence-corrected chi connectivity index (χ4v) is 4.18. The minimum Gasteiger partial charge on any atom is -0.481 e. The van der Waals surface area contributed by atoms with E-state index in [-0.39, 0.29) is 36.8 Å². The zero-order valence-corrected chi connectivity index (χ0v) is 23.8. The lowest BCUT2D eigenvalue weighted by molar-refractivity contribution is -0.239. The van der Waals surface area contributed by atoms with E-state index in [0.717, 1.165) is 11.1 Å². The van der Waals surface area contributed by atoms with Gasteiger partial charge in [0.05, 0.1) is 11.1 Å². The predicted molar refractivity (Wildman–Crippen MR) is 145 cm³/mol. The van der Waals surface area contributed by atoms with Gasteiger partial charge in [-0.25, -0.2) is 38.7 Å². The second-order valence-corrected chi connectivity index (χ2v) is 9.96. The first-order chi connectivity index (χ1) is 19.8. The first-order valence-electron chi connectivity index (χ1n) is 13.3. The highest BCUT2D eigenvalue weighted by Gasteiger charge is 2.31. The van der Waals surface area contributed by atoms with E-state index in [0.29, 0.717) is 24.0 Å². The molecule has 0 aromatic heterocycles. The summed E-state index contributed by atoms with van der Waals surface area (Å²) in [6, 6.07) is 9.83. The number of rotatable bonds is 13. The molecule has 0 aliphatic carbocycles. The Hall–Kier alpha value is -4.74. The monoisotopic (exact) mass is 586 g/mol. The number of hydrogen-bond donors (Lipinski definition) is 2. The topological polar surface area (TPSA) is 180 Å². The maximum absolute atomic E-state index is 12.2. The average molecular weight is 587 g/mol. The largest absolute Gasteiger partial charge is 0.481 e. The maximum Gasteiger partial charge on any atom is 0.386 e. The van der Waals surface area contributed by atoms with Gasteiger partial charge in [0.15, 0.2) is 11.8 Å². The molecule has 0 bridgehead atoms. The molecule has 2 rings (SSSR count). The van der Waals surface area contributed by atoms with Gasteiger partial charge in [0.1, 0.15) is 0 Å². The normalized spacial score (nSPS) is 12.0. The van der Waals surface area contributed by atoms with Crippen LogP contribution in [0.3, 0.4) is 0 Å². The van der Waals surface area contributed by atoms with Crippen LogP contribution in [0.15, 0.2) is 36.4 Å². The highest BCUT2D eigenvalue weighted by molar-refractivity contribution is 5.96. The molecule has 2 aromatic rings. The third-order valence-corrected chi connectivity index (χ3v) is 6.50. The summed E-state index contributed by atoms with van der Waals surface area (Å²) in [5.41, 5.74) is 3.37. The van der Waals surface area contributed by atoms with E-state index >= 15 is 0 Å². The fraction of sp³-hybridized carbons (Fsp3) is 0.400. The van der Waals surface area contributed by atoms with E-state index in [2.05, 4.69) is 19.6 Å². The lowest BCUT2D eigenvalue weighted by atomic mass is 9.98. The Morgan fingerprint density at radius 1 is 0.571 bits per heavy atom. The van der Waals surface area contributed by atoms with Crippen molar-refractivity contribution in [3.63, 3.8) is 0 Å². The number of carbonyl (C=O) groups is 6. The first-order valence-corrected chi connectivity index (χ1v) is 13.3. The smallest absolute Gasteiger partial charge is 0.386 e. The number of carbonyl (C=O) groups excluding carboxylic acids is 4. The number of hydrogen-bond acceptors (Lipinski definition) is 10. The minimum atomic E-state index is -1.58. The number of unbranched alkanes of at least 4 members (excludes halogenated alkanes) is 3. The molecule has 2 aromatic carbocycles. The maximum atomic E-state index is 12.2. The summed E-state index contributed by atoms with van der Waals surface area (Å²) in [6.07, 6.45) is 1.09. The molecule has 2 unspecified atom stereocenters. The molecular formula is C30H34O12. The van der Waals surface area contributed by atoms with Crippen molar-refractivity contribution < 1.29 is 58.5 Å². The van der Waals surface area contributed by atoms with Gasteiger partial charge in [-0.3, -0.25) is 9.59 Å². The summed E-state index contributed by atoms with van der Waals surface area (Å²) in [7, 11) is 0. The minimum absolute atomic E-state index is 0.117. The highest BCUT2D eigenvalue weighted by Crippen LogP contribution is 2.19. The van der Waals surface area contributed by atoms with Crippen molar-refractivity contribution in [2.75, 3.05) is 0 Å². The summed E-state index contributed by atoms with van der Waals surface area (Å²) in [5.74, 6) is -10.4. The summed E-state index contributed by atoms with van der Waals surface area (Å²) in [5, 5.41) is 18.8. The molecular weight excluding hydrogens is 552 g/mol. The van der Waals surface area contributed by atoms with E-state index in [1.807, 2.05) is 13.8 Å². The van der Waals surface area contributed by atoms with Gasteiger partial charge in [-0.15, -0.1) is 0 Å². The Kier molecular flexibility index (Phi) is 12.7. The Bertz CT molecular complexity index is 1230. The molecule has 0 aliphatic rings. The number of benzene rings is 2. The van der Waals surface area contributed by atoms with Crippen LogP contribution >= 0.6 is 0 Å². The van der Waals surface area contributed by atoms with E-state index in [4.69, 9.17) is 0 Å². The quantitative estimate of drug-likeness (QED) is 0.144. The molecule has 12 heteroatoms. The SMILES string of the molecule is Cc1ccc(C(=O)OOC(=O)C(CCCCCCC(C(=O)O)C(=O)OOC(=O)c2ccc(C)cc2C)C(=O)O)c(C)c1. The van der Waals surface area contributed by atoms with Gasteiger partial charge in [-0.1, -0.05) is 61.1 Å². The predicted octanol–water partition coefficient (Wildman–Crippen LogP) is 4.59. The van der Waals surface area contributed by atoms with E-state index in [1.165, 1.54) is 12.1 Å². The Morgan fingerprint density at radius 3 is 1.24 bits per heavy atom. The van der Waals surface area contributed by atoms with Crippen LogP contribution in [0.25, 0.3) is 0 Å². The lowest BCUT2D eigenvalue weighted by Gasteiger charge is -2.12. The van der Waals surface area contributed by atoms with Crippen molar-refractivity contribution in [3.8, 4) is 0 Å². The lowest BCUT2D eigenvalue weighted by Crippen LogP contribution is -2.27. The van der Waals surface area contributed by atoms with Crippen LogP contribution in [-0.2, 0) is 38.7 Å². The third-order valence-electron chi connectivity index (χ3n) is 6.50. The number of aryl methyl sites for hydroxylation is 4. The van der Waals surface area contributed by atoms with Crippen molar-refractivity contribution in [1.82, 2.24) is 0 Å². The molecule has 0 radical (unpaired) electrons. The molecule has 0 spiro atoms. The van der Waals surface area contributed by atoms with Crippen LogP contribution in [0.4, 0.5) is 0 Å². The Balaban J connectivity index is 1.75. The molecule has 226 valence electrons. The Labute approximate surface area is 242 Å². The van der Waals surface area contributed by atoms with Gasteiger partial charge in [0, 0.05) is 0 Å². The van der Waals surface area contributed by atoms with Gasteiger partial charge in [-0.2, -0.15) is 0 Å². The molecule has 12 nitrogen and oxygen atoms in total. The molecule has 0 saturated heterocycles. The van der Waals surface area contributed by atoms with Crippen LogP contribution < -0.4 is 0 Å². The molecule has 0 heterocycles. The van der Waals surface area contributed by atoms with Crippen molar-refractivity contribution in [2.45, 2.75) is 66.2 Å². The standard InChI is InChI=1S/C30H34O12/c1-17-11-13-21(19(3)15-17)27(35)39-41-29(37)23(25(31)32)9-7-5-6-8-10-24(26(33)34)30(38)42-40-28(36)22-14-12-18(2)16-20(22)4/h11-16,23-24H,5-10H2,1-4H3,(H,31,32)(H,33,34). The van der Waals surface area contributed by atoms with Crippen molar-refractivity contribution in [1.29, 1.82) is 0 Å². The molecule has 2 N–H and O–H groups in total. The number of aliphatic carboxylic acids is 2. The van der Waals surface area contributed by atoms with Crippen LogP contribution in [0.1, 0.15) is 81.5 Å². The molecule has 0 fully saturated rings. The van der Waals surface area contributed by atoms with E-state index < -0.39 is 47.7 Å². The second kappa shape index (κ2) is 15.9. The van der Waals surface area contributed by atoms with Crippen LogP contribution in [0, 0.1) is 39.5 Å². The third kappa shape index (κ3) is 10.0. The fourth-order valence-electron chi connectivity index (χ4n) is 4.18. The molecule has 0 aliphatic heterocycles. The molecule has 2 atom stereocenters. The first kappa shape index (κ1) is 33.5. The summed E-state index contributed by atoms with van der Waals surface area (Å²) >= 11 is 0. The van der Waals surface area contributed by atoms with Gasteiger partial charge in [0.25, 0.3) is 0 Å². The van der Waals surface area contributed by atoms with Gasteiger partial charge < -0.3 is 10.2 Å². The second-order valence-electron chi connectivity index (χ2n) is 9.96. The highest BCUT2D eigenvalue weighted by atomic mass is 17.2.